The number of hydrogen-bond acceptors (Lipinski definition) is 5. The number of halogens is 1. The van der Waals surface area contributed by atoms with E-state index in [1.54, 1.807) is 11.3 Å². The molecule has 1 aromatic carbocycles. The third kappa shape index (κ3) is 4.44. The van der Waals surface area contributed by atoms with Crippen LogP contribution in [0.1, 0.15) is 41.4 Å². The van der Waals surface area contributed by atoms with Crippen LogP contribution in [0.5, 0.6) is 0 Å². The van der Waals surface area contributed by atoms with E-state index < -0.39 is 22.3 Å². The number of amides is 1. The lowest BCUT2D eigenvalue weighted by Crippen LogP contribution is -2.38. The third-order valence-electron chi connectivity index (χ3n) is 4.41. The van der Waals surface area contributed by atoms with Gasteiger partial charge in [0, 0.05) is 18.2 Å². The molecule has 140 valence electrons. The maximum Gasteiger partial charge on any atom is 0.276 e. The molecular formula is C18H22FN3O3S. The fourth-order valence-corrected chi connectivity index (χ4v) is 3.57. The summed E-state index contributed by atoms with van der Waals surface area (Å²) in [4.78, 5) is 25.0. The molecule has 0 aliphatic carbocycles. The Labute approximate surface area is 155 Å². The molecule has 0 saturated heterocycles. The molecule has 8 heteroatoms. The summed E-state index contributed by atoms with van der Waals surface area (Å²) in [5.74, 6) is -1.29. The van der Waals surface area contributed by atoms with Crippen molar-refractivity contribution in [1.29, 1.82) is 0 Å². The van der Waals surface area contributed by atoms with Crippen molar-refractivity contribution in [3.05, 3.63) is 61.6 Å². The van der Waals surface area contributed by atoms with Crippen molar-refractivity contribution in [3.8, 4) is 0 Å². The van der Waals surface area contributed by atoms with E-state index in [1.807, 2.05) is 30.7 Å². The Morgan fingerprint density at radius 3 is 2.62 bits per heavy atom. The number of nitro benzene ring substituents is 1. The molecule has 0 aliphatic rings. The minimum Gasteiger partial charge on any atom is -0.350 e. The molecular weight excluding hydrogens is 357 g/mol. The summed E-state index contributed by atoms with van der Waals surface area (Å²) in [6, 6.07) is 4.15. The zero-order chi connectivity index (χ0) is 19.3. The van der Waals surface area contributed by atoms with Crippen LogP contribution < -0.4 is 5.32 Å². The maximum atomic E-state index is 13.9. The van der Waals surface area contributed by atoms with Crippen LogP contribution in [-0.2, 0) is 0 Å². The average molecular weight is 379 g/mol. The van der Waals surface area contributed by atoms with Crippen molar-refractivity contribution in [1.82, 2.24) is 10.2 Å². The summed E-state index contributed by atoms with van der Waals surface area (Å²) in [6.07, 6.45) is 0. The highest BCUT2D eigenvalue weighted by molar-refractivity contribution is 7.07. The number of rotatable bonds is 8. The number of benzene rings is 1. The Morgan fingerprint density at radius 2 is 2.08 bits per heavy atom. The molecule has 0 fully saturated rings. The van der Waals surface area contributed by atoms with Crippen molar-refractivity contribution in [3.63, 3.8) is 0 Å². The second-order valence-corrected chi connectivity index (χ2v) is 6.64. The number of carbonyl (C=O) groups excluding carboxylic acids is 1. The van der Waals surface area contributed by atoms with Crippen molar-refractivity contribution >= 4 is 22.9 Å². The molecule has 1 atom stereocenters. The van der Waals surface area contributed by atoms with Gasteiger partial charge in [-0.3, -0.25) is 19.8 Å². The SMILES string of the molecule is CCN(CC)[C@@H](CNC(=O)c1cc(F)c(C)c([N+](=O)[O-])c1)c1ccsc1. The van der Waals surface area contributed by atoms with Gasteiger partial charge in [-0.1, -0.05) is 13.8 Å². The van der Waals surface area contributed by atoms with Gasteiger partial charge in [-0.25, -0.2) is 4.39 Å². The van der Waals surface area contributed by atoms with Gasteiger partial charge in [0.05, 0.1) is 16.5 Å². The number of thiophene rings is 1. The predicted molar refractivity (Wildman–Crippen MR) is 100 cm³/mol. The Morgan fingerprint density at radius 1 is 1.38 bits per heavy atom. The fraction of sp³-hybridized carbons (Fsp3) is 0.389. The van der Waals surface area contributed by atoms with Gasteiger partial charge in [0.1, 0.15) is 5.82 Å². The standard InChI is InChI=1S/C18H22FN3O3S/c1-4-21(5-2)17(13-6-7-26-11-13)10-20-18(23)14-8-15(19)12(3)16(9-14)22(24)25/h6-9,11,17H,4-5,10H2,1-3H3,(H,20,23)/t17-/m0/s1. The molecule has 1 aromatic heterocycles. The van der Waals surface area contributed by atoms with Crippen LogP contribution in [0.4, 0.5) is 10.1 Å². The highest BCUT2D eigenvalue weighted by atomic mass is 32.1. The van der Waals surface area contributed by atoms with Gasteiger partial charge in [0.25, 0.3) is 11.6 Å². The first-order valence-electron chi connectivity index (χ1n) is 8.37. The summed E-state index contributed by atoms with van der Waals surface area (Å²) in [6.45, 7) is 7.38. The monoisotopic (exact) mass is 379 g/mol. The van der Waals surface area contributed by atoms with Crippen LogP contribution in [0.3, 0.4) is 0 Å². The molecule has 26 heavy (non-hydrogen) atoms. The van der Waals surface area contributed by atoms with Crippen LogP contribution in [0, 0.1) is 22.9 Å². The normalized spacial score (nSPS) is 12.2. The molecule has 0 spiro atoms. The molecule has 1 amide bonds. The minimum atomic E-state index is -0.762. The van der Waals surface area contributed by atoms with E-state index in [0.29, 0.717) is 6.54 Å². The Bertz CT molecular complexity index is 776. The number of likely N-dealkylation sites (N-methyl/N-ethyl adjacent to an activating group) is 1. The van der Waals surface area contributed by atoms with Crippen LogP contribution in [0.25, 0.3) is 0 Å². The van der Waals surface area contributed by atoms with Gasteiger partial charge >= 0.3 is 0 Å². The largest absolute Gasteiger partial charge is 0.350 e. The van der Waals surface area contributed by atoms with E-state index in [-0.39, 0.29) is 17.2 Å². The highest BCUT2D eigenvalue weighted by Crippen LogP contribution is 2.24. The molecule has 0 aliphatic heterocycles. The molecule has 0 unspecified atom stereocenters. The van der Waals surface area contributed by atoms with Crippen LogP contribution in [0.2, 0.25) is 0 Å². The molecule has 1 heterocycles. The topological polar surface area (TPSA) is 75.5 Å². The van der Waals surface area contributed by atoms with Crippen LogP contribution >= 0.6 is 11.3 Å². The van der Waals surface area contributed by atoms with E-state index in [0.717, 1.165) is 30.8 Å². The number of carbonyl (C=O) groups is 1. The first-order valence-corrected chi connectivity index (χ1v) is 9.32. The summed E-state index contributed by atoms with van der Waals surface area (Å²) < 4.78 is 13.9. The quantitative estimate of drug-likeness (QED) is 0.557. The van der Waals surface area contributed by atoms with Crippen LogP contribution in [-0.4, -0.2) is 35.4 Å². The van der Waals surface area contributed by atoms with Crippen molar-refractivity contribution < 1.29 is 14.1 Å². The molecule has 2 rings (SSSR count). The van der Waals surface area contributed by atoms with E-state index in [4.69, 9.17) is 0 Å². The van der Waals surface area contributed by atoms with Gasteiger partial charge < -0.3 is 5.32 Å². The average Bonchev–Trinajstić information content (AvgIpc) is 3.14. The Balaban J connectivity index is 2.19. The van der Waals surface area contributed by atoms with Gasteiger partial charge in [-0.05, 0) is 48.5 Å². The number of hydrogen-bond donors (Lipinski definition) is 1. The smallest absolute Gasteiger partial charge is 0.276 e. The third-order valence-corrected chi connectivity index (χ3v) is 5.11. The number of nitro groups is 1. The second-order valence-electron chi connectivity index (χ2n) is 5.86. The van der Waals surface area contributed by atoms with E-state index in [1.165, 1.54) is 6.92 Å². The first-order chi connectivity index (χ1) is 12.4. The maximum absolute atomic E-state index is 13.9. The molecule has 0 bridgehead atoms. The lowest BCUT2D eigenvalue weighted by atomic mass is 10.1. The molecule has 1 N–H and O–H groups in total. The summed E-state index contributed by atoms with van der Waals surface area (Å²) >= 11 is 1.58. The Hall–Kier alpha value is -2.32. The highest BCUT2D eigenvalue weighted by Gasteiger charge is 2.22. The summed E-state index contributed by atoms with van der Waals surface area (Å²) in [7, 11) is 0. The number of nitrogens with zero attached hydrogens (tertiary/aromatic N) is 2. The van der Waals surface area contributed by atoms with Gasteiger partial charge in [-0.15, -0.1) is 0 Å². The molecule has 6 nitrogen and oxygen atoms in total. The lowest BCUT2D eigenvalue weighted by molar-refractivity contribution is -0.385. The van der Waals surface area contributed by atoms with Gasteiger partial charge in [-0.2, -0.15) is 11.3 Å². The van der Waals surface area contributed by atoms with Gasteiger partial charge in [0.15, 0.2) is 0 Å². The van der Waals surface area contributed by atoms with Crippen molar-refractivity contribution in [2.24, 2.45) is 0 Å². The molecule has 0 saturated carbocycles. The zero-order valence-electron chi connectivity index (χ0n) is 15.0. The van der Waals surface area contributed by atoms with E-state index >= 15 is 0 Å². The minimum absolute atomic E-state index is 0.00881. The van der Waals surface area contributed by atoms with E-state index in [9.17, 15) is 19.3 Å². The van der Waals surface area contributed by atoms with Gasteiger partial charge in [0.2, 0.25) is 0 Å². The lowest BCUT2D eigenvalue weighted by Gasteiger charge is -2.29. The summed E-state index contributed by atoms with van der Waals surface area (Å²) in [5.41, 5.74) is 0.572. The number of nitrogens with one attached hydrogen (secondary N) is 1. The van der Waals surface area contributed by atoms with E-state index in [2.05, 4.69) is 10.2 Å². The molecule has 0 radical (unpaired) electrons. The van der Waals surface area contributed by atoms with Crippen molar-refractivity contribution in [2.45, 2.75) is 26.8 Å². The summed E-state index contributed by atoms with van der Waals surface area (Å²) in [5, 5.41) is 17.8. The second kappa shape index (κ2) is 8.86. The first kappa shape index (κ1) is 20.0. The predicted octanol–water partition coefficient (Wildman–Crippen LogP) is 3.92. The Kier molecular flexibility index (Phi) is 6.82. The fourth-order valence-electron chi connectivity index (χ4n) is 2.86. The van der Waals surface area contributed by atoms with Crippen LogP contribution in [0.15, 0.2) is 29.0 Å². The van der Waals surface area contributed by atoms with Crippen molar-refractivity contribution in [2.75, 3.05) is 19.6 Å². The molecule has 2 aromatic rings. The zero-order valence-corrected chi connectivity index (χ0v) is 15.8.